The molecule has 1 fully saturated rings. The van der Waals surface area contributed by atoms with Crippen LogP contribution in [0.2, 0.25) is 0 Å². The number of nitrogens with one attached hydrogen (secondary N) is 2. The van der Waals surface area contributed by atoms with Crippen LogP contribution in [0.3, 0.4) is 0 Å². The van der Waals surface area contributed by atoms with Gasteiger partial charge in [0.15, 0.2) is 0 Å². The van der Waals surface area contributed by atoms with Gasteiger partial charge in [0.1, 0.15) is 0 Å². The molecule has 0 amide bonds. The van der Waals surface area contributed by atoms with Gasteiger partial charge >= 0.3 is 0 Å². The standard InChI is InChI=1S/C13H19N3O2/c1-10-4-5-12(16(17)18)9-13(10)15-11-3-2-7-14-8-6-11/h4-5,9,11,14-15H,2-3,6-8H2,1H3. The summed E-state index contributed by atoms with van der Waals surface area (Å²) in [6, 6.07) is 5.39. The van der Waals surface area contributed by atoms with Crippen molar-refractivity contribution in [2.75, 3.05) is 18.4 Å². The number of anilines is 1. The van der Waals surface area contributed by atoms with Crippen LogP contribution in [-0.4, -0.2) is 24.1 Å². The van der Waals surface area contributed by atoms with Gasteiger partial charge in [0.2, 0.25) is 0 Å². The van der Waals surface area contributed by atoms with Gasteiger partial charge in [-0.25, -0.2) is 0 Å². The Morgan fingerprint density at radius 2 is 2.22 bits per heavy atom. The van der Waals surface area contributed by atoms with Gasteiger partial charge in [0.25, 0.3) is 5.69 Å². The Kier molecular flexibility index (Phi) is 4.15. The van der Waals surface area contributed by atoms with E-state index >= 15 is 0 Å². The zero-order chi connectivity index (χ0) is 13.0. The lowest BCUT2D eigenvalue weighted by atomic mass is 10.1. The smallest absolute Gasteiger partial charge is 0.271 e. The number of nitrogens with zero attached hydrogens (tertiary/aromatic N) is 1. The predicted molar refractivity (Wildman–Crippen MR) is 72.0 cm³/mol. The molecule has 2 N–H and O–H groups in total. The summed E-state index contributed by atoms with van der Waals surface area (Å²) >= 11 is 0. The molecule has 0 aliphatic carbocycles. The molecule has 0 radical (unpaired) electrons. The van der Waals surface area contributed by atoms with E-state index in [-0.39, 0.29) is 10.6 Å². The number of non-ortho nitro benzene ring substituents is 1. The minimum Gasteiger partial charge on any atom is -0.382 e. The number of hydrogen-bond donors (Lipinski definition) is 2. The van der Waals surface area contributed by atoms with Crippen molar-refractivity contribution in [1.29, 1.82) is 0 Å². The van der Waals surface area contributed by atoms with Crippen LogP contribution >= 0.6 is 0 Å². The molecule has 5 nitrogen and oxygen atoms in total. The predicted octanol–water partition coefficient (Wildman–Crippen LogP) is 2.46. The van der Waals surface area contributed by atoms with Crippen LogP contribution in [0, 0.1) is 17.0 Å². The van der Waals surface area contributed by atoms with Gasteiger partial charge in [0, 0.05) is 23.9 Å². The summed E-state index contributed by atoms with van der Waals surface area (Å²) in [4.78, 5) is 10.4. The van der Waals surface area contributed by atoms with Gasteiger partial charge in [-0.2, -0.15) is 0 Å². The molecule has 1 aliphatic heterocycles. The zero-order valence-electron chi connectivity index (χ0n) is 10.6. The van der Waals surface area contributed by atoms with Crippen molar-refractivity contribution in [3.63, 3.8) is 0 Å². The van der Waals surface area contributed by atoms with Gasteiger partial charge in [-0.15, -0.1) is 0 Å². The molecule has 1 aliphatic rings. The van der Waals surface area contributed by atoms with Gasteiger partial charge in [0.05, 0.1) is 4.92 Å². The average molecular weight is 249 g/mol. The molecule has 1 saturated heterocycles. The van der Waals surface area contributed by atoms with E-state index in [1.807, 2.05) is 6.92 Å². The second-order valence-electron chi connectivity index (χ2n) is 4.78. The normalized spacial score (nSPS) is 20.2. The third kappa shape index (κ3) is 3.20. The topological polar surface area (TPSA) is 67.2 Å². The van der Waals surface area contributed by atoms with Crippen molar-refractivity contribution >= 4 is 11.4 Å². The number of nitro groups is 1. The number of aryl methyl sites for hydroxylation is 1. The molecular weight excluding hydrogens is 230 g/mol. The Morgan fingerprint density at radius 1 is 1.39 bits per heavy atom. The highest BCUT2D eigenvalue weighted by Gasteiger charge is 2.14. The third-order valence-corrected chi connectivity index (χ3v) is 3.37. The van der Waals surface area contributed by atoms with Crippen molar-refractivity contribution in [1.82, 2.24) is 5.32 Å². The van der Waals surface area contributed by atoms with Crippen LogP contribution in [0.15, 0.2) is 18.2 Å². The monoisotopic (exact) mass is 249 g/mol. The van der Waals surface area contributed by atoms with Crippen LogP contribution < -0.4 is 10.6 Å². The van der Waals surface area contributed by atoms with Crippen molar-refractivity contribution in [3.05, 3.63) is 33.9 Å². The number of benzene rings is 1. The SMILES string of the molecule is Cc1ccc([N+](=O)[O-])cc1NC1CCCNCC1. The summed E-state index contributed by atoms with van der Waals surface area (Å²) in [6.45, 7) is 4.04. The maximum absolute atomic E-state index is 10.8. The molecular formula is C13H19N3O2. The molecule has 5 heteroatoms. The van der Waals surface area contributed by atoms with Crippen LogP contribution in [-0.2, 0) is 0 Å². The summed E-state index contributed by atoms with van der Waals surface area (Å²) in [6.07, 6.45) is 3.31. The first-order chi connectivity index (χ1) is 8.66. The van der Waals surface area contributed by atoms with Crippen LogP contribution in [0.1, 0.15) is 24.8 Å². The van der Waals surface area contributed by atoms with E-state index in [2.05, 4.69) is 10.6 Å². The Bertz CT molecular complexity index is 426. The lowest BCUT2D eigenvalue weighted by molar-refractivity contribution is -0.384. The summed E-state index contributed by atoms with van der Waals surface area (Å²) in [5.74, 6) is 0. The zero-order valence-corrected chi connectivity index (χ0v) is 10.6. The highest BCUT2D eigenvalue weighted by Crippen LogP contribution is 2.24. The Morgan fingerprint density at radius 3 is 3.00 bits per heavy atom. The number of rotatable bonds is 3. The molecule has 0 saturated carbocycles. The van der Waals surface area contributed by atoms with E-state index < -0.39 is 0 Å². The third-order valence-electron chi connectivity index (χ3n) is 3.37. The molecule has 1 aromatic rings. The molecule has 98 valence electrons. The lowest BCUT2D eigenvalue weighted by Crippen LogP contribution is -2.21. The van der Waals surface area contributed by atoms with Crippen LogP contribution in [0.4, 0.5) is 11.4 Å². The highest BCUT2D eigenvalue weighted by molar-refractivity contribution is 5.57. The van der Waals surface area contributed by atoms with Crippen molar-refractivity contribution < 1.29 is 4.92 Å². The molecule has 18 heavy (non-hydrogen) atoms. The molecule has 1 atom stereocenters. The van der Waals surface area contributed by atoms with E-state index in [9.17, 15) is 10.1 Å². The fourth-order valence-corrected chi connectivity index (χ4v) is 2.26. The fourth-order valence-electron chi connectivity index (χ4n) is 2.26. The van der Waals surface area contributed by atoms with Crippen molar-refractivity contribution in [2.45, 2.75) is 32.2 Å². The first-order valence-electron chi connectivity index (χ1n) is 6.39. The summed E-state index contributed by atoms with van der Waals surface area (Å²) in [5, 5.41) is 17.6. The summed E-state index contributed by atoms with van der Waals surface area (Å²) in [7, 11) is 0. The summed E-state index contributed by atoms with van der Waals surface area (Å²) in [5.41, 5.74) is 2.09. The highest BCUT2D eigenvalue weighted by atomic mass is 16.6. The Labute approximate surface area is 107 Å². The van der Waals surface area contributed by atoms with E-state index in [0.29, 0.717) is 6.04 Å². The minimum atomic E-state index is -0.348. The van der Waals surface area contributed by atoms with Crippen LogP contribution in [0.25, 0.3) is 0 Å². The van der Waals surface area contributed by atoms with Crippen molar-refractivity contribution in [3.8, 4) is 0 Å². The Hall–Kier alpha value is -1.62. The molecule has 1 unspecified atom stereocenters. The average Bonchev–Trinajstić information content (AvgIpc) is 2.60. The quantitative estimate of drug-likeness (QED) is 0.638. The molecule has 0 bridgehead atoms. The maximum Gasteiger partial charge on any atom is 0.271 e. The van der Waals surface area contributed by atoms with Gasteiger partial charge in [-0.1, -0.05) is 6.07 Å². The first kappa shape index (κ1) is 12.8. The first-order valence-corrected chi connectivity index (χ1v) is 6.39. The van der Waals surface area contributed by atoms with E-state index in [1.54, 1.807) is 18.2 Å². The van der Waals surface area contributed by atoms with E-state index in [0.717, 1.165) is 43.6 Å². The summed E-state index contributed by atoms with van der Waals surface area (Å²) < 4.78 is 0. The van der Waals surface area contributed by atoms with E-state index in [4.69, 9.17) is 0 Å². The second-order valence-corrected chi connectivity index (χ2v) is 4.78. The molecule has 0 spiro atoms. The largest absolute Gasteiger partial charge is 0.382 e. The van der Waals surface area contributed by atoms with Gasteiger partial charge in [-0.05, 0) is 44.8 Å². The van der Waals surface area contributed by atoms with E-state index in [1.165, 1.54) is 0 Å². The second kappa shape index (κ2) is 5.82. The minimum absolute atomic E-state index is 0.148. The fraction of sp³-hybridized carbons (Fsp3) is 0.538. The van der Waals surface area contributed by atoms with Gasteiger partial charge < -0.3 is 10.6 Å². The Balaban J connectivity index is 2.11. The van der Waals surface area contributed by atoms with Crippen LogP contribution in [0.5, 0.6) is 0 Å². The molecule has 1 heterocycles. The van der Waals surface area contributed by atoms with Crippen molar-refractivity contribution in [2.24, 2.45) is 0 Å². The number of nitro benzene ring substituents is 1. The van der Waals surface area contributed by atoms with Gasteiger partial charge in [-0.3, -0.25) is 10.1 Å². The number of hydrogen-bond acceptors (Lipinski definition) is 4. The molecule has 0 aromatic heterocycles. The lowest BCUT2D eigenvalue weighted by Gasteiger charge is -2.18. The molecule has 2 rings (SSSR count). The molecule has 1 aromatic carbocycles. The maximum atomic E-state index is 10.8.